The highest BCUT2D eigenvalue weighted by Crippen LogP contribution is 2.16. The molecule has 0 saturated heterocycles. The van der Waals surface area contributed by atoms with Crippen molar-refractivity contribution in [3.05, 3.63) is 29.8 Å². The highest BCUT2D eigenvalue weighted by molar-refractivity contribution is 5.51. The molecule has 0 saturated carbocycles. The summed E-state index contributed by atoms with van der Waals surface area (Å²) in [4.78, 5) is 0. The molecule has 1 N–H and O–H groups in total. The van der Waals surface area contributed by atoms with Gasteiger partial charge in [0.15, 0.2) is 0 Å². The van der Waals surface area contributed by atoms with Gasteiger partial charge in [0.1, 0.15) is 6.61 Å². The van der Waals surface area contributed by atoms with Crippen molar-refractivity contribution >= 4 is 5.69 Å². The number of para-hydroxylation sites is 1. The number of nitrogens with one attached hydrogen (secondary N) is 1. The Hall–Kier alpha value is -1.27. The van der Waals surface area contributed by atoms with Crippen LogP contribution in [0.4, 0.5) is 18.9 Å². The number of benzene rings is 1. The molecule has 0 amide bonds. The molecule has 20 heavy (non-hydrogen) atoms. The molecule has 0 spiro atoms. The number of halogens is 3. The van der Waals surface area contributed by atoms with Crippen LogP contribution < -0.4 is 5.32 Å². The van der Waals surface area contributed by atoms with Gasteiger partial charge in [0.05, 0.1) is 6.61 Å². The molecule has 0 aromatic heterocycles. The molecule has 114 valence electrons. The summed E-state index contributed by atoms with van der Waals surface area (Å²) in [5, 5.41) is 3.20. The second-order valence-corrected chi connectivity index (χ2v) is 4.35. The van der Waals surface area contributed by atoms with Crippen molar-refractivity contribution in [3.8, 4) is 0 Å². The van der Waals surface area contributed by atoms with E-state index in [0.29, 0.717) is 19.6 Å². The number of alkyl halides is 3. The number of hydrogen-bond acceptors (Lipinski definition) is 3. The van der Waals surface area contributed by atoms with E-state index in [1.54, 1.807) is 7.11 Å². The van der Waals surface area contributed by atoms with Gasteiger partial charge in [-0.2, -0.15) is 13.2 Å². The molecule has 0 aliphatic carbocycles. The van der Waals surface area contributed by atoms with Gasteiger partial charge < -0.3 is 14.8 Å². The van der Waals surface area contributed by atoms with Crippen molar-refractivity contribution in [1.29, 1.82) is 0 Å². The second kappa shape index (κ2) is 8.81. The molecule has 0 unspecified atom stereocenters. The lowest BCUT2D eigenvalue weighted by molar-refractivity contribution is -0.173. The summed E-state index contributed by atoms with van der Waals surface area (Å²) in [7, 11) is 1.65. The molecule has 1 aromatic carbocycles. The fourth-order valence-electron chi connectivity index (χ4n) is 1.71. The Morgan fingerprint density at radius 1 is 1.15 bits per heavy atom. The summed E-state index contributed by atoms with van der Waals surface area (Å²) in [6, 6.07) is 7.81. The number of rotatable bonds is 9. The molecule has 6 heteroatoms. The third-order valence-corrected chi connectivity index (χ3v) is 2.64. The van der Waals surface area contributed by atoms with Gasteiger partial charge in [-0.25, -0.2) is 0 Å². The van der Waals surface area contributed by atoms with Crippen molar-refractivity contribution in [2.45, 2.75) is 19.0 Å². The number of hydrogen-bond donors (Lipinski definition) is 1. The Labute approximate surface area is 117 Å². The van der Waals surface area contributed by atoms with E-state index in [1.807, 2.05) is 24.3 Å². The molecule has 0 aliphatic heterocycles. The lowest BCUT2D eigenvalue weighted by atomic mass is 10.1. The summed E-state index contributed by atoms with van der Waals surface area (Å²) in [5.41, 5.74) is 2.12. The van der Waals surface area contributed by atoms with Gasteiger partial charge in [0, 0.05) is 25.9 Å². The second-order valence-electron chi connectivity index (χ2n) is 4.35. The largest absolute Gasteiger partial charge is 0.411 e. The van der Waals surface area contributed by atoms with E-state index in [9.17, 15) is 13.2 Å². The summed E-state index contributed by atoms with van der Waals surface area (Å²) < 4.78 is 45.1. The maximum Gasteiger partial charge on any atom is 0.411 e. The van der Waals surface area contributed by atoms with E-state index < -0.39 is 12.8 Å². The minimum Gasteiger partial charge on any atom is -0.385 e. The van der Waals surface area contributed by atoms with Crippen molar-refractivity contribution in [1.82, 2.24) is 0 Å². The fraction of sp³-hybridized carbons (Fsp3) is 0.571. The standard InChI is InChI=1S/C14H20F3NO2/c1-19-10-7-12-5-2-3-6-13(12)18-8-4-9-20-11-14(15,16)17/h2-3,5-6,18H,4,7-11H2,1H3. The van der Waals surface area contributed by atoms with Crippen molar-refractivity contribution in [2.24, 2.45) is 0 Å². The molecule has 1 rings (SSSR count). The van der Waals surface area contributed by atoms with Crippen LogP contribution in [0.2, 0.25) is 0 Å². The van der Waals surface area contributed by atoms with Crippen LogP contribution in [0.5, 0.6) is 0 Å². The zero-order valence-electron chi connectivity index (χ0n) is 11.5. The quantitative estimate of drug-likeness (QED) is 0.708. The zero-order chi connectivity index (χ0) is 14.8. The van der Waals surface area contributed by atoms with Crippen LogP contribution in [-0.4, -0.2) is 39.7 Å². The fourth-order valence-corrected chi connectivity index (χ4v) is 1.71. The van der Waals surface area contributed by atoms with Crippen LogP contribution in [0.3, 0.4) is 0 Å². The van der Waals surface area contributed by atoms with Gasteiger partial charge in [0.2, 0.25) is 0 Å². The highest BCUT2D eigenvalue weighted by atomic mass is 19.4. The Morgan fingerprint density at radius 3 is 2.60 bits per heavy atom. The molecule has 1 aromatic rings. The Balaban J connectivity index is 2.24. The van der Waals surface area contributed by atoms with E-state index in [0.717, 1.165) is 17.7 Å². The summed E-state index contributed by atoms with van der Waals surface area (Å²) in [6.45, 7) is 0.111. The first-order valence-electron chi connectivity index (χ1n) is 6.48. The predicted octanol–water partition coefficient (Wildman–Crippen LogP) is 3.26. The molecule has 3 nitrogen and oxygen atoms in total. The van der Waals surface area contributed by atoms with Crippen molar-refractivity contribution in [2.75, 3.05) is 38.8 Å². The van der Waals surface area contributed by atoms with Crippen LogP contribution in [0, 0.1) is 0 Å². The molecule has 0 heterocycles. The first kappa shape index (κ1) is 16.8. The molecular formula is C14H20F3NO2. The smallest absolute Gasteiger partial charge is 0.385 e. The van der Waals surface area contributed by atoms with Crippen molar-refractivity contribution in [3.63, 3.8) is 0 Å². The van der Waals surface area contributed by atoms with Crippen LogP contribution in [-0.2, 0) is 15.9 Å². The molecule has 0 radical (unpaired) electrons. The minimum absolute atomic E-state index is 0.0900. The average Bonchev–Trinajstić information content (AvgIpc) is 2.40. The van der Waals surface area contributed by atoms with Gasteiger partial charge >= 0.3 is 6.18 Å². The maximum absolute atomic E-state index is 11.8. The molecule has 0 bridgehead atoms. The van der Waals surface area contributed by atoms with Gasteiger partial charge in [0.25, 0.3) is 0 Å². The van der Waals surface area contributed by atoms with Gasteiger partial charge in [-0.1, -0.05) is 18.2 Å². The lowest BCUT2D eigenvalue weighted by Gasteiger charge is -2.12. The van der Waals surface area contributed by atoms with Crippen LogP contribution in [0.15, 0.2) is 24.3 Å². The number of ether oxygens (including phenoxy) is 2. The highest BCUT2D eigenvalue weighted by Gasteiger charge is 2.27. The molecule has 0 aliphatic rings. The first-order chi connectivity index (χ1) is 9.53. The normalized spacial score (nSPS) is 11.6. The summed E-state index contributed by atoms with van der Waals surface area (Å²) in [6.07, 6.45) is -2.93. The molecular weight excluding hydrogens is 271 g/mol. The molecule has 0 atom stereocenters. The predicted molar refractivity (Wildman–Crippen MR) is 72.0 cm³/mol. The Bertz CT molecular complexity index is 383. The third-order valence-electron chi connectivity index (χ3n) is 2.64. The maximum atomic E-state index is 11.8. The molecule has 0 fully saturated rings. The number of anilines is 1. The van der Waals surface area contributed by atoms with Crippen LogP contribution in [0.1, 0.15) is 12.0 Å². The Kier molecular flexibility index (Phi) is 7.40. The summed E-state index contributed by atoms with van der Waals surface area (Å²) >= 11 is 0. The van der Waals surface area contributed by atoms with E-state index in [2.05, 4.69) is 10.1 Å². The van der Waals surface area contributed by atoms with Crippen LogP contribution in [0.25, 0.3) is 0 Å². The van der Waals surface area contributed by atoms with Gasteiger partial charge in [-0.3, -0.25) is 0 Å². The van der Waals surface area contributed by atoms with Crippen molar-refractivity contribution < 1.29 is 22.6 Å². The summed E-state index contributed by atoms with van der Waals surface area (Å²) in [5.74, 6) is 0. The van der Waals surface area contributed by atoms with Gasteiger partial charge in [-0.15, -0.1) is 0 Å². The van der Waals surface area contributed by atoms with Gasteiger partial charge in [-0.05, 0) is 24.5 Å². The Morgan fingerprint density at radius 2 is 1.90 bits per heavy atom. The zero-order valence-corrected chi connectivity index (χ0v) is 11.5. The van der Waals surface area contributed by atoms with E-state index >= 15 is 0 Å². The topological polar surface area (TPSA) is 30.5 Å². The monoisotopic (exact) mass is 291 g/mol. The SMILES string of the molecule is COCCc1ccccc1NCCCOCC(F)(F)F. The average molecular weight is 291 g/mol. The minimum atomic E-state index is -4.25. The van der Waals surface area contributed by atoms with E-state index in [1.165, 1.54) is 0 Å². The number of methoxy groups -OCH3 is 1. The third kappa shape index (κ3) is 7.35. The first-order valence-corrected chi connectivity index (χ1v) is 6.48. The van der Waals surface area contributed by atoms with E-state index in [-0.39, 0.29) is 6.61 Å². The lowest BCUT2D eigenvalue weighted by Crippen LogP contribution is -2.18. The van der Waals surface area contributed by atoms with Crippen LogP contribution >= 0.6 is 0 Å². The van der Waals surface area contributed by atoms with E-state index in [4.69, 9.17) is 4.74 Å².